The second-order valence-corrected chi connectivity index (χ2v) is 11.8. The van der Waals surface area contributed by atoms with Crippen molar-refractivity contribution in [3.05, 3.63) is 99.6 Å². The minimum Gasteiger partial charge on any atom is -0.454 e. The van der Waals surface area contributed by atoms with Crippen molar-refractivity contribution >= 4 is 41.0 Å². The molecule has 2 bridgehead atoms. The van der Waals surface area contributed by atoms with E-state index in [0.29, 0.717) is 6.07 Å². The molecule has 43 heavy (non-hydrogen) atoms. The van der Waals surface area contributed by atoms with Crippen LogP contribution in [0.25, 0.3) is 0 Å². The zero-order chi connectivity index (χ0) is 30.8. The number of hydrogen-bond acceptors (Lipinski definition) is 5. The summed E-state index contributed by atoms with van der Waals surface area (Å²) in [4.78, 5) is 55.0. The number of nitrogens with one attached hydrogen (secondary N) is 1. The fraction of sp³-hybridized carbons (Fsp3) is 0.312. The van der Waals surface area contributed by atoms with Gasteiger partial charge in [-0.1, -0.05) is 74.0 Å². The molecular weight excluding hydrogens is 585 g/mol. The van der Waals surface area contributed by atoms with Crippen LogP contribution >= 0.6 is 11.6 Å². The lowest BCUT2D eigenvalue weighted by atomic mass is 9.55. The van der Waals surface area contributed by atoms with Crippen molar-refractivity contribution in [1.82, 2.24) is 4.90 Å². The van der Waals surface area contributed by atoms with Crippen molar-refractivity contribution in [3.63, 3.8) is 0 Å². The molecule has 0 radical (unpaired) electrons. The van der Waals surface area contributed by atoms with Crippen LogP contribution in [0.2, 0.25) is 5.02 Å². The number of anilines is 1. The SMILES string of the molecule is CC(C)[C@H](C(=O)OCC(=O)Nc1cc(C(F)(F)F)ccc1Cl)N1C(=O)[C@@H]2C3c4ccccc4C(c4ccccc43)[C@@H]2C1=O. The normalized spacial score (nSPS) is 22.6. The van der Waals surface area contributed by atoms with Crippen LogP contribution in [0, 0.1) is 17.8 Å². The maximum atomic E-state index is 14.1. The van der Waals surface area contributed by atoms with Gasteiger partial charge in [-0.3, -0.25) is 19.3 Å². The number of ether oxygens (including phenoxy) is 1. The average molecular weight is 611 g/mol. The summed E-state index contributed by atoms with van der Waals surface area (Å²) in [6.07, 6.45) is -4.66. The van der Waals surface area contributed by atoms with Crippen LogP contribution in [-0.2, 0) is 30.1 Å². The summed E-state index contributed by atoms with van der Waals surface area (Å²) in [5.41, 5.74) is 2.64. The summed E-state index contributed by atoms with van der Waals surface area (Å²) in [5, 5.41) is 2.08. The Labute approximate surface area is 250 Å². The second-order valence-electron chi connectivity index (χ2n) is 11.3. The Bertz CT molecular complexity index is 1560. The summed E-state index contributed by atoms with van der Waals surface area (Å²) in [7, 11) is 0. The summed E-state index contributed by atoms with van der Waals surface area (Å²) in [6, 6.07) is 16.7. The van der Waals surface area contributed by atoms with E-state index in [-0.39, 0.29) is 22.5 Å². The molecule has 0 spiro atoms. The Balaban J connectivity index is 1.23. The zero-order valence-electron chi connectivity index (χ0n) is 23.0. The number of nitrogens with zero attached hydrogens (tertiary/aromatic N) is 1. The molecule has 7 nitrogen and oxygen atoms in total. The van der Waals surface area contributed by atoms with Crippen molar-refractivity contribution in [2.45, 2.75) is 37.9 Å². The first-order chi connectivity index (χ1) is 20.4. The van der Waals surface area contributed by atoms with Gasteiger partial charge in [0.1, 0.15) is 6.04 Å². The molecule has 7 rings (SSSR count). The molecule has 4 aliphatic rings. The number of imide groups is 1. The van der Waals surface area contributed by atoms with E-state index in [0.717, 1.165) is 39.3 Å². The van der Waals surface area contributed by atoms with E-state index in [2.05, 4.69) is 5.32 Å². The lowest BCUT2D eigenvalue weighted by Crippen LogP contribution is -2.49. The third-order valence-electron chi connectivity index (χ3n) is 8.55. The van der Waals surface area contributed by atoms with Crippen LogP contribution in [-0.4, -0.2) is 41.2 Å². The standard InChI is InChI=1S/C32H26ClF3N2O5/c1-15(2)28(31(42)43-14-23(39)37-22-13-16(32(34,35)36)11-12-21(22)33)38-29(40)26-24-17-7-3-4-8-18(17)25(27(26)30(38)41)20-10-6-5-9-19(20)24/h3-13,15,24-28H,14H2,1-2H3,(H,37,39)/t24?,25?,26-,27+,28-/m1/s1. The van der Waals surface area contributed by atoms with Crippen LogP contribution in [0.4, 0.5) is 18.9 Å². The number of benzene rings is 3. The quantitative estimate of drug-likeness (QED) is 0.283. The number of amides is 3. The molecule has 1 heterocycles. The first-order valence-corrected chi connectivity index (χ1v) is 14.2. The fourth-order valence-electron chi connectivity index (χ4n) is 6.86. The van der Waals surface area contributed by atoms with Crippen LogP contribution in [0.15, 0.2) is 66.7 Å². The summed E-state index contributed by atoms with van der Waals surface area (Å²) < 4.78 is 44.5. The van der Waals surface area contributed by atoms with E-state index < -0.39 is 65.8 Å². The van der Waals surface area contributed by atoms with E-state index in [1.807, 2.05) is 48.5 Å². The Kier molecular flexibility index (Phi) is 7.07. The number of rotatable bonds is 6. The minimum atomic E-state index is -4.66. The number of carbonyl (C=O) groups excluding carboxylic acids is 4. The van der Waals surface area contributed by atoms with Crippen LogP contribution in [0.1, 0.15) is 53.5 Å². The molecular formula is C32H26ClF3N2O5. The van der Waals surface area contributed by atoms with Crippen molar-refractivity contribution in [3.8, 4) is 0 Å². The van der Waals surface area contributed by atoms with E-state index >= 15 is 0 Å². The van der Waals surface area contributed by atoms with Gasteiger partial charge in [0, 0.05) is 11.8 Å². The van der Waals surface area contributed by atoms with Crippen LogP contribution < -0.4 is 5.32 Å². The number of esters is 1. The van der Waals surface area contributed by atoms with E-state index in [1.165, 1.54) is 0 Å². The molecule has 1 saturated heterocycles. The van der Waals surface area contributed by atoms with Crippen molar-refractivity contribution in [2.24, 2.45) is 17.8 Å². The zero-order valence-corrected chi connectivity index (χ0v) is 23.8. The molecule has 0 unspecified atom stereocenters. The van der Waals surface area contributed by atoms with Gasteiger partial charge in [-0.15, -0.1) is 0 Å². The number of hydrogen-bond donors (Lipinski definition) is 1. The van der Waals surface area contributed by atoms with Crippen molar-refractivity contribution in [2.75, 3.05) is 11.9 Å². The molecule has 3 aromatic carbocycles. The molecule has 222 valence electrons. The summed E-state index contributed by atoms with van der Waals surface area (Å²) in [5.74, 6) is -5.48. The second kappa shape index (κ2) is 10.5. The van der Waals surface area contributed by atoms with Gasteiger partial charge < -0.3 is 10.1 Å². The van der Waals surface area contributed by atoms with Gasteiger partial charge >= 0.3 is 12.1 Å². The Morgan fingerprint density at radius 1 is 0.884 bits per heavy atom. The maximum absolute atomic E-state index is 14.1. The first kappa shape index (κ1) is 28.9. The minimum absolute atomic E-state index is 0.139. The molecule has 1 fully saturated rings. The van der Waals surface area contributed by atoms with Gasteiger partial charge in [-0.2, -0.15) is 13.2 Å². The van der Waals surface area contributed by atoms with Gasteiger partial charge in [-0.05, 0) is 46.4 Å². The Hall–Kier alpha value is -4.18. The predicted octanol–water partition coefficient (Wildman–Crippen LogP) is 5.76. The van der Waals surface area contributed by atoms with Gasteiger partial charge in [0.2, 0.25) is 11.8 Å². The highest BCUT2D eigenvalue weighted by Gasteiger charge is 2.63. The molecule has 3 amide bonds. The highest BCUT2D eigenvalue weighted by molar-refractivity contribution is 6.33. The van der Waals surface area contributed by atoms with Crippen LogP contribution in [0.5, 0.6) is 0 Å². The highest BCUT2D eigenvalue weighted by atomic mass is 35.5. The molecule has 3 aromatic rings. The lowest BCUT2D eigenvalue weighted by Gasteiger charge is -2.45. The first-order valence-electron chi connectivity index (χ1n) is 13.8. The molecule has 1 aliphatic heterocycles. The third kappa shape index (κ3) is 4.68. The lowest BCUT2D eigenvalue weighted by molar-refractivity contribution is -0.162. The summed E-state index contributed by atoms with van der Waals surface area (Å²) >= 11 is 5.95. The predicted molar refractivity (Wildman–Crippen MR) is 150 cm³/mol. The van der Waals surface area contributed by atoms with Crippen molar-refractivity contribution in [1.29, 1.82) is 0 Å². The number of carbonyl (C=O) groups is 4. The van der Waals surface area contributed by atoms with Crippen molar-refractivity contribution < 1.29 is 37.1 Å². The van der Waals surface area contributed by atoms with Gasteiger partial charge in [-0.25, -0.2) is 4.79 Å². The van der Waals surface area contributed by atoms with Crippen LogP contribution in [0.3, 0.4) is 0 Å². The molecule has 3 atom stereocenters. The van der Waals surface area contributed by atoms with E-state index in [1.54, 1.807) is 13.8 Å². The van der Waals surface area contributed by atoms with Gasteiger partial charge in [0.05, 0.1) is 28.1 Å². The van der Waals surface area contributed by atoms with Gasteiger partial charge in [0.25, 0.3) is 5.91 Å². The molecule has 1 N–H and O–H groups in total. The molecule has 3 aliphatic carbocycles. The third-order valence-corrected chi connectivity index (χ3v) is 8.88. The largest absolute Gasteiger partial charge is 0.454 e. The Morgan fingerprint density at radius 3 is 1.81 bits per heavy atom. The van der Waals surface area contributed by atoms with E-state index in [4.69, 9.17) is 16.3 Å². The van der Waals surface area contributed by atoms with Gasteiger partial charge in [0.15, 0.2) is 6.61 Å². The summed E-state index contributed by atoms with van der Waals surface area (Å²) in [6.45, 7) is 2.46. The smallest absolute Gasteiger partial charge is 0.416 e. The molecule has 11 heteroatoms. The highest BCUT2D eigenvalue weighted by Crippen LogP contribution is 2.61. The average Bonchev–Trinajstić information content (AvgIpc) is 3.22. The Morgan fingerprint density at radius 2 is 1.37 bits per heavy atom. The number of likely N-dealkylation sites (tertiary alicyclic amines) is 1. The maximum Gasteiger partial charge on any atom is 0.416 e. The fourth-order valence-corrected chi connectivity index (χ4v) is 7.02. The number of alkyl halides is 3. The molecule has 0 aromatic heterocycles. The number of halogens is 4. The monoisotopic (exact) mass is 610 g/mol. The van der Waals surface area contributed by atoms with E-state index in [9.17, 15) is 32.3 Å². The molecule has 0 saturated carbocycles. The topological polar surface area (TPSA) is 92.8 Å².